The SMILES string of the molecule is CO[C@]1(SCC#N)C(=O)N2C(C(=O)O)=C(CSc3nnnn3C)CS[C@@H]21. The number of aryl methyl sites for hydroxylation is 1. The number of aromatic nitrogens is 4. The Kier molecular flexibility index (Phi) is 5.47. The minimum Gasteiger partial charge on any atom is -0.477 e. The molecule has 1 aromatic heterocycles. The first-order chi connectivity index (χ1) is 12.5. The molecular weight excluding hydrogens is 400 g/mol. The van der Waals surface area contributed by atoms with Crippen molar-refractivity contribution in [1.29, 1.82) is 5.26 Å². The fraction of sp³-hybridized carbons (Fsp3) is 0.538. The van der Waals surface area contributed by atoms with Crippen LogP contribution in [0.1, 0.15) is 0 Å². The van der Waals surface area contributed by atoms with E-state index < -0.39 is 22.2 Å². The smallest absolute Gasteiger partial charge is 0.352 e. The van der Waals surface area contributed by atoms with Crippen LogP contribution < -0.4 is 0 Å². The third kappa shape index (κ3) is 2.96. The van der Waals surface area contributed by atoms with Gasteiger partial charge in [0, 0.05) is 25.7 Å². The molecule has 1 N–H and O–H groups in total. The summed E-state index contributed by atoms with van der Waals surface area (Å²) in [5.74, 6) is -0.738. The van der Waals surface area contributed by atoms with E-state index >= 15 is 0 Å². The van der Waals surface area contributed by atoms with Crippen LogP contribution in [0, 0.1) is 11.3 Å². The van der Waals surface area contributed by atoms with Gasteiger partial charge in [0.25, 0.3) is 5.91 Å². The molecule has 3 heterocycles. The van der Waals surface area contributed by atoms with Gasteiger partial charge >= 0.3 is 5.97 Å². The highest BCUT2D eigenvalue weighted by Gasteiger charge is 2.65. The minimum absolute atomic E-state index is 0.0217. The number of carboxylic acid groups (broad SMARTS) is 1. The molecule has 138 valence electrons. The molecule has 1 fully saturated rings. The zero-order chi connectivity index (χ0) is 18.9. The van der Waals surface area contributed by atoms with Crippen LogP contribution in [0.2, 0.25) is 0 Å². The predicted molar refractivity (Wildman–Crippen MR) is 95.1 cm³/mol. The normalized spacial score (nSPS) is 24.9. The van der Waals surface area contributed by atoms with Gasteiger partial charge in [0.2, 0.25) is 10.1 Å². The third-order valence-corrected chi connectivity index (χ3v) is 7.77. The molecule has 13 heteroatoms. The highest BCUT2D eigenvalue weighted by atomic mass is 32.2. The molecular formula is C13H14N6O4S3. The Labute approximate surface area is 161 Å². The van der Waals surface area contributed by atoms with Gasteiger partial charge in [-0.15, -0.1) is 16.9 Å². The van der Waals surface area contributed by atoms with E-state index in [1.165, 1.54) is 40.2 Å². The van der Waals surface area contributed by atoms with E-state index in [0.29, 0.717) is 22.2 Å². The van der Waals surface area contributed by atoms with Gasteiger partial charge < -0.3 is 9.84 Å². The number of hydrogen-bond donors (Lipinski definition) is 1. The van der Waals surface area contributed by atoms with Gasteiger partial charge in [0.15, 0.2) is 0 Å². The first-order valence-corrected chi connectivity index (χ1v) is 10.3. The van der Waals surface area contributed by atoms with Crippen molar-refractivity contribution >= 4 is 47.2 Å². The molecule has 0 bridgehead atoms. The Balaban J connectivity index is 1.85. The van der Waals surface area contributed by atoms with Crippen LogP contribution in [0.3, 0.4) is 0 Å². The van der Waals surface area contributed by atoms with Crippen LogP contribution in [-0.2, 0) is 21.4 Å². The molecule has 0 spiro atoms. The van der Waals surface area contributed by atoms with Crippen molar-refractivity contribution in [1.82, 2.24) is 25.1 Å². The lowest BCUT2D eigenvalue weighted by molar-refractivity contribution is -0.167. The number of ether oxygens (including phenoxy) is 1. The predicted octanol–water partition coefficient (Wildman–Crippen LogP) is 0.155. The molecule has 0 aromatic carbocycles. The molecule has 2 aliphatic rings. The monoisotopic (exact) mass is 414 g/mol. The number of nitriles is 1. The highest BCUT2D eigenvalue weighted by molar-refractivity contribution is 8.05. The molecule has 3 rings (SSSR count). The van der Waals surface area contributed by atoms with Crippen molar-refractivity contribution in [2.24, 2.45) is 7.05 Å². The summed E-state index contributed by atoms with van der Waals surface area (Å²) in [4.78, 5) is 24.6. The molecule has 1 aromatic rings. The van der Waals surface area contributed by atoms with Gasteiger partial charge in [0.1, 0.15) is 11.1 Å². The van der Waals surface area contributed by atoms with Crippen molar-refractivity contribution in [2.45, 2.75) is 15.5 Å². The number of thioether (sulfide) groups is 3. The number of amides is 1. The van der Waals surface area contributed by atoms with E-state index in [9.17, 15) is 14.7 Å². The molecule has 10 nitrogen and oxygen atoms in total. The van der Waals surface area contributed by atoms with Crippen molar-refractivity contribution in [3.8, 4) is 6.07 Å². The number of carbonyl (C=O) groups excluding carboxylic acids is 1. The summed E-state index contributed by atoms with van der Waals surface area (Å²) >= 11 is 3.82. The van der Waals surface area contributed by atoms with Crippen LogP contribution in [0.5, 0.6) is 0 Å². The van der Waals surface area contributed by atoms with Crippen LogP contribution in [0.25, 0.3) is 0 Å². The number of rotatable bonds is 7. The average Bonchev–Trinajstić information content (AvgIpc) is 3.04. The standard InChI is InChI=1S/C13H14N6O4S3/c1-18-12(15-16-17-18)25-6-7-5-24-11-13(23-2,26-4-3-14)10(22)19(11)8(7)9(20)21/h11H,4-6H2,1-2H3,(H,20,21)/t11-,13+/m1/s1. The third-order valence-electron chi connectivity index (χ3n) is 3.88. The maximum atomic E-state index is 12.7. The summed E-state index contributed by atoms with van der Waals surface area (Å²) in [6, 6.07) is 1.98. The van der Waals surface area contributed by atoms with Crippen LogP contribution in [-0.4, -0.2) is 76.8 Å². The lowest BCUT2D eigenvalue weighted by Gasteiger charge is -2.55. The molecule has 0 unspecified atom stereocenters. The van der Waals surface area contributed by atoms with E-state index in [2.05, 4.69) is 15.5 Å². The van der Waals surface area contributed by atoms with E-state index in [-0.39, 0.29) is 11.4 Å². The maximum absolute atomic E-state index is 12.7. The van der Waals surface area contributed by atoms with Crippen molar-refractivity contribution < 1.29 is 19.4 Å². The van der Waals surface area contributed by atoms with Gasteiger partial charge in [-0.05, 0) is 16.0 Å². The number of aliphatic carboxylic acids is 1. The quantitative estimate of drug-likeness (QED) is 0.371. The summed E-state index contributed by atoms with van der Waals surface area (Å²) in [5, 5.41) is 29.7. The lowest BCUT2D eigenvalue weighted by Crippen LogP contribution is -2.72. The van der Waals surface area contributed by atoms with Gasteiger partial charge in [0.05, 0.1) is 11.8 Å². The number of fused-ring (bicyclic) bond motifs is 1. The number of carbonyl (C=O) groups is 2. The second-order valence-electron chi connectivity index (χ2n) is 5.29. The number of β-lactam (4-membered cyclic amide) rings is 1. The average molecular weight is 414 g/mol. The fourth-order valence-corrected chi connectivity index (χ4v) is 6.31. The highest BCUT2D eigenvalue weighted by Crippen LogP contribution is 2.53. The summed E-state index contributed by atoms with van der Waals surface area (Å²) in [6.45, 7) is 0. The first kappa shape index (κ1) is 19.0. The number of nitrogens with zero attached hydrogens (tertiary/aromatic N) is 6. The van der Waals surface area contributed by atoms with Crippen molar-refractivity contribution in [3.63, 3.8) is 0 Å². The number of carboxylic acids is 1. The van der Waals surface area contributed by atoms with E-state index in [1.54, 1.807) is 7.05 Å². The van der Waals surface area contributed by atoms with Crippen LogP contribution in [0.15, 0.2) is 16.4 Å². The Hall–Kier alpha value is -1.75. The molecule has 26 heavy (non-hydrogen) atoms. The summed E-state index contributed by atoms with van der Waals surface area (Å²) in [6.07, 6.45) is 0. The lowest BCUT2D eigenvalue weighted by atomic mass is 10.1. The van der Waals surface area contributed by atoms with Crippen LogP contribution >= 0.6 is 35.3 Å². The summed E-state index contributed by atoms with van der Waals surface area (Å²) in [7, 11) is 3.09. The Bertz CT molecular complexity index is 821. The van der Waals surface area contributed by atoms with Crippen molar-refractivity contribution in [2.75, 3.05) is 24.4 Å². The molecule has 2 atom stereocenters. The summed E-state index contributed by atoms with van der Waals surface area (Å²) < 4.78 is 6.90. The number of methoxy groups -OCH3 is 1. The van der Waals surface area contributed by atoms with Gasteiger partial charge in [-0.2, -0.15) is 5.26 Å². The first-order valence-electron chi connectivity index (χ1n) is 7.28. The van der Waals surface area contributed by atoms with E-state index in [1.807, 2.05) is 6.07 Å². The van der Waals surface area contributed by atoms with Crippen LogP contribution in [0.4, 0.5) is 0 Å². The van der Waals surface area contributed by atoms with E-state index in [0.717, 1.165) is 11.8 Å². The molecule has 1 amide bonds. The Morgan fingerprint density at radius 3 is 2.96 bits per heavy atom. The minimum atomic E-state index is -1.21. The molecule has 1 saturated heterocycles. The molecule has 2 aliphatic heterocycles. The molecule has 0 saturated carbocycles. The number of hydrogen-bond acceptors (Lipinski definition) is 10. The van der Waals surface area contributed by atoms with Gasteiger partial charge in [-0.3, -0.25) is 9.69 Å². The molecule has 0 radical (unpaired) electrons. The second-order valence-corrected chi connectivity index (χ2v) is 8.48. The Morgan fingerprint density at radius 2 is 2.38 bits per heavy atom. The summed E-state index contributed by atoms with van der Waals surface area (Å²) in [5.41, 5.74) is 0.599. The largest absolute Gasteiger partial charge is 0.477 e. The maximum Gasteiger partial charge on any atom is 0.352 e. The topological polar surface area (TPSA) is 134 Å². The molecule has 0 aliphatic carbocycles. The number of tetrazole rings is 1. The van der Waals surface area contributed by atoms with Crippen molar-refractivity contribution in [3.05, 3.63) is 11.3 Å². The zero-order valence-corrected chi connectivity index (χ0v) is 16.2. The fourth-order valence-electron chi connectivity index (χ4n) is 2.68. The second kappa shape index (κ2) is 7.47. The Morgan fingerprint density at radius 1 is 1.62 bits per heavy atom. The van der Waals surface area contributed by atoms with Gasteiger partial charge in [-0.25, -0.2) is 9.48 Å². The van der Waals surface area contributed by atoms with E-state index in [4.69, 9.17) is 10.00 Å². The zero-order valence-electron chi connectivity index (χ0n) is 13.8. The van der Waals surface area contributed by atoms with Gasteiger partial charge in [-0.1, -0.05) is 23.5 Å².